The predicted molar refractivity (Wildman–Crippen MR) is 120 cm³/mol. The standard InChI is InChI=1S/C24H25F3O9S/c1-23(2)32-14-17-18(35-23)19(36-37(29,30)24(25,26)27)20(34-21(28)16-11-7-4-8-12-16)22(33-17)31-13-15-9-5-3-6-10-15/h3-12,17-20,22H,13-14H2,1-2H3/t17-,18-,19+,20+,22+/m1/s1. The molecule has 0 radical (unpaired) electrons. The van der Waals surface area contributed by atoms with E-state index in [1.807, 2.05) is 0 Å². The summed E-state index contributed by atoms with van der Waals surface area (Å²) in [6, 6.07) is 16.3. The summed E-state index contributed by atoms with van der Waals surface area (Å²) in [5.74, 6) is -2.27. The van der Waals surface area contributed by atoms with Gasteiger partial charge in [0, 0.05) is 0 Å². The van der Waals surface area contributed by atoms with Crippen LogP contribution in [0, 0.1) is 0 Å². The Labute approximate surface area is 211 Å². The highest BCUT2D eigenvalue weighted by Crippen LogP contribution is 2.38. The van der Waals surface area contributed by atoms with Crippen LogP contribution in [0.4, 0.5) is 13.2 Å². The van der Waals surface area contributed by atoms with Crippen molar-refractivity contribution >= 4 is 16.1 Å². The lowest BCUT2D eigenvalue weighted by atomic mass is 9.97. The van der Waals surface area contributed by atoms with E-state index in [4.69, 9.17) is 23.7 Å². The maximum Gasteiger partial charge on any atom is 0.523 e. The zero-order chi connectivity index (χ0) is 26.8. The average molecular weight is 547 g/mol. The molecule has 0 bridgehead atoms. The molecule has 2 aromatic rings. The molecule has 9 nitrogen and oxygen atoms in total. The van der Waals surface area contributed by atoms with Crippen LogP contribution < -0.4 is 0 Å². The molecule has 4 rings (SSSR count). The summed E-state index contributed by atoms with van der Waals surface area (Å²) in [4.78, 5) is 12.9. The van der Waals surface area contributed by atoms with E-state index in [9.17, 15) is 26.4 Å². The third-order valence-electron chi connectivity index (χ3n) is 5.64. The number of carbonyl (C=O) groups excluding carboxylic acids is 1. The van der Waals surface area contributed by atoms with Crippen LogP contribution in [0.25, 0.3) is 0 Å². The highest BCUT2D eigenvalue weighted by Gasteiger charge is 2.59. The Hall–Kier alpha value is -2.55. The fourth-order valence-corrected chi connectivity index (χ4v) is 4.51. The van der Waals surface area contributed by atoms with Gasteiger partial charge in [0.25, 0.3) is 0 Å². The van der Waals surface area contributed by atoms with Crippen molar-refractivity contribution in [1.29, 1.82) is 0 Å². The molecule has 2 saturated heterocycles. The second kappa shape index (κ2) is 10.7. The second-order valence-electron chi connectivity index (χ2n) is 8.83. The molecular formula is C24H25F3O9S. The molecule has 0 aromatic heterocycles. The SMILES string of the molecule is CC1(C)OC[C@H]2O[C@H](OCc3ccccc3)[C@@H](OC(=O)c3ccccc3)[C@@H](OS(=O)(=O)C(F)(F)F)[C@@H]2O1. The number of benzene rings is 2. The first kappa shape index (κ1) is 27.5. The van der Waals surface area contributed by atoms with Gasteiger partial charge in [-0.1, -0.05) is 48.5 Å². The van der Waals surface area contributed by atoms with E-state index in [0.717, 1.165) is 0 Å². The van der Waals surface area contributed by atoms with E-state index < -0.39 is 58.1 Å². The van der Waals surface area contributed by atoms with Crippen LogP contribution in [0.15, 0.2) is 60.7 Å². The summed E-state index contributed by atoms with van der Waals surface area (Å²) in [5, 5.41) is 0. The molecule has 2 heterocycles. The van der Waals surface area contributed by atoms with Gasteiger partial charge in [0.1, 0.15) is 18.3 Å². The zero-order valence-corrected chi connectivity index (χ0v) is 20.6. The predicted octanol–water partition coefficient (Wildman–Crippen LogP) is 3.54. The Morgan fingerprint density at radius 3 is 2.27 bits per heavy atom. The van der Waals surface area contributed by atoms with E-state index in [1.165, 1.54) is 26.0 Å². The normalized spacial score (nSPS) is 27.8. The third-order valence-corrected chi connectivity index (χ3v) is 6.68. The Morgan fingerprint density at radius 1 is 1.03 bits per heavy atom. The number of esters is 1. The van der Waals surface area contributed by atoms with Gasteiger partial charge in [-0.25, -0.2) is 4.79 Å². The summed E-state index contributed by atoms with van der Waals surface area (Å²) >= 11 is 0. The molecular weight excluding hydrogens is 521 g/mol. The van der Waals surface area contributed by atoms with Gasteiger partial charge in [-0.3, -0.25) is 4.18 Å². The van der Waals surface area contributed by atoms with Crippen molar-refractivity contribution in [2.75, 3.05) is 6.61 Å². The Bertz CT molecular complexity index is 1170. The molecule has 0 unspecified atom stereocenters. The number of hydrogen-bond acceptors (Lipinski definition) is 9. The van der Waals surface area contributed by atoms with Crippen LogP contribution in [0.1, 0.15) is 29.8 Å². The molecule has 5 atom stereocenters. The van der Waals surface area contributed by atoms with Gasteiger partial charge >= 0.3 is 21.6 Å². The lowest BCUT2D eigenvalue weighted by molar-refractivity contribution is -0.379. The van der Waals surface area contributed by atoms with Gasteiger partial charge < -0.3 is 23.7 Å². The lowest BCUT2D eigenvalue weighted by Crippen LogP contribution is -2.66. The molecule has 2 aliphatic rings. The number of hydrogen-bond donors (Lipinski definition) is 0. The summed E-state index contributed by atoms with van der Waals surface area (Å²) in [7, 11) is -6.13. The number of fused-ring (bicyclic) bond motifs is 1. The fraction of sp³-hybridized carbons (Fsp3) is 0.458. The molecule has 0 N–H and O–H groups in total. The first-order chi connectivity index (χ1) is 17.4. The second-order valence-corrected chi connectivity index (χ2v) is 10.4. The van der Waals surface area contributed by atoms with Crippen molar-refractivity contribution in [3.8, 4) is 0 Å². The Morgan fingerprint density at radius 2 is 1.65 bits per heavy atom. The topological polar surface area (TPSA) is 107 Å². The van der Waals surface area contributed by atoms with Crippen molar-refractivity contribution in [3.63, 3.8) is 0 Å². The minimum absolute atomic E-state index is 0.0667. The number of carbonyl (C=O) groups is 1. The quantitative estimate of drug-likeness (QED) is 0.293. The van der Waals surface area contributed by atoms with E-state index in [2.05, 4.69) is 4.18 Å². The molecule has 0 aliphatic carbocycles. The first-order valence-corrected chi connectivity index (χ1v) is 12.7. The maximum absolute atomic E-state index is 13.3. The molecule has 13 heteroatoms. The third kappa shape index (κ3) is 6.48. The van der Waals surface area contributed by atoms with E-state index in [1.54, 1.807) is 48.5 Å². The van der Waals surface area contributed by atoms with Crippen LogP contribution in [0.3, 0.4) is 0 Å². The fourth-order valence-electron chi connectivity index (χ4n) is 3.89. The van der Waals surface area contributed by atoms with E-state index >= 15 is 0 Å². The van der Waals surface area contributed by atoms with Gasteiger partial charge in [0.15, 0.2) is 18.2 Å². The van der Waals surface area contributed by atoms with Gasteiger partial charge in [-0.15, -0.1) is 0 Å². The molecule has 0 saturated carbocycles. The highest BCUT2D eigenvalue weighted by atomic mass is 32.2. The van der Waals surface area contributed by atoms with Gasteiger partial charge in [-0.05, 0) is 31.5 Å². The molecule has 0 amide bonds. The van der Waals surface area contributed by atoms with Crippen LogP contribution >= 0.6 is 0 Å². The molecule has 2 fully saturated rings. The largest absolute Gasteiger partial charge is 0.523 e. The Balaban J connectivity index is 1.70. The molecule has 0 spiro atoms. The molecule has 202 valence electrons. The highest BCUT2D eigenvalue weighted by molar-refractivity contribution is 7.87. The van der Waals surface area contributed by atoms with Crippen molar-refractivity contribution in [2.45, 2.75) is 62.5 Å². The van der Waals surface area contributed by atoms with Crippen molar-refractivity contribution in [2.24, 2.45) is 0 Å². The smallest absolute Gasteiger partial charge is 0.450 e. The zero-order valence-electron chi connectivity index (χ0n) is 19.8. The van der Waals surface area contributed by atoms with Crippen molar-refractivity contribution in [3.05, 3.63) is 71.8 Å². The number of alkyl halides is 3. The monoisotopic (exact) mass is 546 g/mol. The molecule has 2 aromatic carbocycles. The Kier molecular flexibility index (Phi) is 7.93. The van der Waals surface area contributed by atoms with Crippen LogP contribution in [-0.4, -0.2) is 63.0 Å². The van der Waals surface area contributed by atoms with Gasteiger partial charge in [0.05, 0.1) is 18.8 Å². The molecule has 2 aliphatic heterocycles. The average Bonchev–Trinajstić information content (AvgIpc) is 2.84. The summed E-state index contributed by atoms with van der Waals surface area (Å²) < 4.78 is 97.3. The van der Waals surface area contributed by atoms with Gasteiger partial charge in [-0.2, -0.15) is 21.6 Å². The van der Waals surface area contributed by atoms with E-state index in [-0.39, 0.29) is 18.8 Å². The van der Waals surface area contributed by atoms with Crippen LogP contribution in [0.2, 0.25) is 0 Å². The maximum atomic E-state index is 13.3. The molecule has 37 heavy (non-hydrogen) atoms. The van der Waals surface area contributed by atoms with Crippen LogP contribution in [0.5, 0.6) is 0 Å². The summed E-state index contributed by atoms with van der Waals surface area (Å²) in [5.41, 5.74) is -4.99. The van der Waals surface area contributed by atoms with Crippen molar-refractivity contribution in [1.82, 2.24) is 0 Å². The van der Waals surface area contributed by atoms with Gasteiger partial charge in [0.2, 0.25) is 0 Å². The first-order valence-electron chi connectivity index (χ1n) is 11.2. The lowest BCUT2D eigenvalue weighted by Gasteiger charge is -2.50. The van der Waals surface area contributed by atoms with E-state index in [0.29, 0.717) is 5.56 Å². The number of halogens is 3. The van der Waals surface area contributed by atoms with Crippen molar-refractivity contribution < 1.29 is 54.3 Å². The summed E-state index contributed by atoms with van der Waals surface area (Å²) in [6.07, 6.45) is -7.75. The summed E-state index contributed by atoms with van der Waals surface area (Å²) in [6.45, 7) is 2.71. The minimum atomic E-state index is -6.13. The number of ether oxygens (including phenoxy) is 5. The van der Waals surface area contributed by atoms with Crippen LogP contribution in [-0.2, 0) is 44.6 Å². The number of rotatable bonds is 7. The minimum Gasteiger partial charge on any atom is -0.450 e.